The number of benzene rings is 3. The molecule has 2 saturated heterocycles. The minimum absolute atomic E-state index is 0.101. The summed E-state index contributed by atoms with van der Waals surface area (Å²) in [6.45, 7) is 5.85. The molecule has 5 rings (SSSR count). The molecule has 37 heavy (non-hydrogen) atoms. The number of carbonyl (C=O) groups is 1. The molecule has 2 fully saturated rings. The van der Waals surface area contributed by atoms with Crippen molar-refractivity contribution in [1.82, 2.24) is 9.80 Å². The smallest absolute Gasteiger partial charge is 0.248 e. The Hall–Kier alpha value is -3.15. The Morgan fingerprint density at radius 3 is 2.51 bits per heavy atom. The molecule has 0 radical (unpaired) electrons. The Morgan fingerprint density at radius 1 is 0.946 bits per heavy atom. The number of methoxy groups -OCH3 is 2. The van der Waals surface area contributed by atoms with E-state index in [4.69, 9.17) is 9.47 Å². The normalized spacial score (nSPS) is 21.6. The van der Waals surface area contributed by atoms with Crippen molar-refractivity contribution in [3.8, 4) is 16.9 Å². The van der Waals surface area contributed by atoms with Gasteiger partial charge in [-0.1, -0.05) is 67.6 Å². The lowest BCUT2D eigenvalue weighted by molar-refractivity contribution is -0.137. The van der Waals surface area contributed by atoms with Gasteiger partial charge in [0.05, 0.1) is 7.11 Å². The van der Waals surface area contributed by atoms with Gasteiger partial charge in [0.25, 0.3) is 0 Å². The van der Waals surface area contributed by atoms with E-state index >= 15 is 0 Å². The third-order valence-electron chi connectivity index (χ3n) is 8.20. The van der Waals surface area contributed by atoms with Crippen LogP contribution in [0.15, 0.2) is 72.8 Å². The molecular formula is C32H38N2O3. The van der Waals surface area contributed by atoms with Crippen molar-refractivity contribution in [2.45, 2.75) is 38.3 Å². The molecule has 0 bridgehead atoms. The van der Waals surface area contributed by atoms with Crippen LogP contribution in [0.1, 0.15) is 36.0 Å². The molecule has 5 heteroatoms. The van der Waals surface area contributed by atoms with Crippen molar-refractivity contribution in [2.75, 3.05) is 40.5 Å². The molecule has 0 N–H and O–H groups in total. The zero-order valence-corrected chi connectivity index (χ0v) is 22.2. The summed E-state index contributed by atoms with van der Waals surface area (Å²) in [5.74, 6) is 1.82. The van der Waals surface area contributed by atoms with Gasteiger partial charge < -0.3 is 14.4 Å². The summed E-state index contributed by atoms with van der Waals surface area (Å²) in [6.07, 6.45) is 2.04. The molecular weight excluding hydrogens is 460 g/mol. The summed E-state index contributed by atoms with van der Waals surface area (Å²) in [6, 6.07) is 26.6. The quantitative estimate of drug-likeness (QED) is 0.418. The van der Waals surface area contributed by atoms with Crippen molar-refractivity contribution in [1.29, 1.82) is 0 Å². The molecule has 5 nitrogen and oxygen atoms in total. The molecule has 2 aliphatic rings. The Balaban J connectivity index is 1.40. The van der Waals surface area contributed by atoms with E-state index < -0.39 is 0 Å². The van der Waals surface area contributed by atoms with Crippen LogP contribution in [0.25, 0.3) is 11.1 Å². The van der Waals surface area contributed by atoms with Gasteiger partial charge in [-0.15, -0.1) is 0 Å². The standard InChI is InChI=1S/C32H38N2O3/c1-4-23-12-14-25(15-13-23)28-20-34(30-16-17-33(21-29(28)30)32(35)22-36-2)19-24-8-7-9-26(18-24)27-10-5-6-11-31(27)37-3/h5-15,18,28-30H,4,16-17,19-22H2,1-3H3/t28-,29-,30-/m1/s1. The van der Waals surface area contributed by atoms with Crippen molar-refractivity contribution in [3.63, 3.8) is 0 Å². The van der Waals surface area contributed by atoms with Crippen LogP contribution in [0.2, 0.25) is 0 Å². The van der Waals surface area contributed by atoms with Crippen LogP contribution >= 0.6 is 0 Å². The third-order valence-corrected chi connectivity index (χ3v) is 8.20. The van der Waals surface area contributed by atoms with Crippen molar-refractivity contribution >= 4 is 5.91 Å². The molecule has 0 aliphatic carbocycles. The van der Waals surface area contributed by atoms with E-state index in [0.29, 0.717) is 17.9 Å². The number of para-hydroxylation sites is 1. The highest BCUT2D eigenvalue weighted by molar-refractivity contribution is 5.77. The number of ether oxygens (including phenoxy) is 2. The number of hydrogen-bond donors (Lipinski definition) is 0. The predicted molar refractivity (Wildman–Crippen MR) is 148 cm³/mol. The molecule has 1 amide bonds. The second-order valence-corrected chi connectivity index (χ2v) is 10.3. The maximum atomic E-state index is 12.7. The van der Waals surface area contributed by atoms with Crippen LogP contribution in [0, 0.1) is 5.92 Å². The largest absolute Gasteiger partial charge is 0.496 e. The topological polar surface area (TPSA) is 42.0 Å². The van der Waals surface area contributed by atoms with Crippen LogP contribution in [0.3, 0.4) is 0 Å². The fourth-order valence-electron chi connectivity index (χ4n) is 6.27. The lowest BCUT2D eigenvalue weighted by atomic mass is 9.81. The second kappa shape index (κ2) is 11.5. The van der Waals surface area contributed by atoms with Crippen molar-refractivity contribution in [3.05, 3.63) is 89.5 Å². The summed E-state index contributed by atoms with van der Waals surface area (Å²) >= 11 is 0. The van der Waals surface area contributed by atoms with Gasteiger partial charge >= 0.3 is 0 Å². The average molecular weight is 499 g/mol. The third kappa shape index (κ3) is 5.43. The monoisotopic (exact) mass is 498 g/mol. The number of fused-ring (bicyclic) bond motifs is 1. The molecule has 3 aromatic rings. The maximum Gasteiger partial charge on any atom is 0.248 e. The summed E-state index contributed by atoms with van der Waals surface area (Å²) in [5, 5.41) is 0. The number of rotatable bonds is 8. The minimum atomic E-state index is 0.101. The Bertz CT molecular complexity index is 1210. The van der Waals surface area contributed by atoms with Crippen LogP contribution in [-0.4, -0.2) is 62.2 Å². The van der Waals surface area contributed by atoms with Crippen LogP contribution < -0.4 is 4.74 Å². The number of carbonyl (C=O) groups excluding carboxylic acids is 1. The molecule has 2 aliphatic heterocycles. The lowest BCUT2D eigenvalue weighted by Crippen LogP contribution is -2.49. The van der Waals surface area contributed by atoms with Crippen LogP contribution in [-0.2, 0) is 22.5 Å². The zero-order chi connectivity index (χ0) is 25.8. The van der Waals surface area contributed by atoms with Gasteiger partial charge in [-0.25, -0.2) is 0 Å². The molecule has 0 saturated carbocycles. The predicted octanol–water partition coefficient (Wildman–Crippen LogP) is 5.39. The summed E-state index contributed by atoms with van der Waals surface area (Å²) in [4.78, 5) is 17.4. The van der Waals surface area contributed by atoms with Gasteiger partial charge in [0.1, 0.15) is 12.4 Å². The average Bonchev–Trinajstić information content (AvgIpc) is 3.30. The summed E-state index contributed by atoms with van der Waals surface area (Å²) in [7, 11) is 3.32. The van der Waals surface area contributed by atoms with E-state index in [-0.39, 0.29) is 12.5 Å². The number of hydrogen-bond acceptors (Lipinski definition) is 4. The van der Waals surface area contributed by atoms with Crippen molar-refractivity contribution < 1.29 is 14.3 Å². The number of likely N-dealkylation sites (tertiary alicyclic amines) is 2. The molecule has 0 unspecified atom stereocenters. The zero-order valence-electron chi connectivity index (χ0n) is 22.2. The highest BCUT2D eigenvalue weighted by Crippen LogP contribution is 2.42. The summed E-state index contributed by atoms with van der Waals surface area (Å²) < 4.78 is 10.8. The van der Waals surface area contributed by atoms with E-state index in [1.165, 1.54) is 22.3 Å². The number of aryl methyl sites for hydroxylation is 1. The minimum Gasteiger partial charge on any atom is -0.496 e. The van der Waals surface area contributed by atoms with E-state index in [1.807, 2.05) is 17.0 Å². The molecule has 3 aromatic carbocycles. The number of amides is 1. The van der Waals surface area contributed by atoms with E-state index in [2.05, 4.69) is 72.5 Å². The Labute approximate surface area is 221 Å². The highest BCUT2D eigenvalue weighted by atomic mass is 16.5. The van der Waals surface area contributed by atoms with Gasteiger partial charge in [0, 0.05) is 56.7 Å². The lowest BCUT2D eigenvalue weighted by Gasteiger charge is -2.39. The number of piperidine rings is 1. The van der Waals surface area contributed by atoms with E-state index in [1.54, 1.807) is 14.2 Å². The van der Waals surface area contributed by atoms with Crippen molar-refractivity contribution in [2.24, 2.45) is 5.92 Å². The Kier molecular flexibility index (Phi) is 7.92. The first-order valence-corrected chi connectivity index (χ1v) is 13.4. The van der Waals surface area contributed by atoms with Crippen LogP contribution in [0.5, 0.6) is 5.75 Å². The highest BCUT2D eigenvalue weighted by Gasteiger charge is 2.45. The maximum absolute atomic E-state index is 12.7. The fourth-order valence-corrected chi connectivity index (χ4v) is 6.27. The molecule has 194 valence electrons. The van der Waals surface area contributed by atoms with Gasteiger partial charge in [-0.3, -0.25) is 9.69 Å². The SMILES string of the molecule is CCc1ccc([C@H]2CN(Cc3cccc(-c4ccccc4OC)c3)[C@@H]3CCN(C(=O)COC)C[C@H]23)cc1. The Morgan fingerprint density at radius 2 is 1.76 bits per heavy atom. The fraction of sp³-hybridized carbons (Fsp3) is 0.406. The first-order chi connectivity index (χ1) is 18.1. The second-order valence-electron chi connectivity index (χ2n) is 10.3. The number of nitrogens with zero attached hydrogens (tertiary/aromatic N) is 2. The van der Waals surface area contributed by atoms with Gasteiger partial charge in [0.15, 0.2) is 0 Å². The first-order valence-electron chi connectivity index (χ1n) is 13.4. The molecule has 0 spiro atoms. The van der Waals surface area contributed by atoms with E-state index in [0.717, 1.165) is 50.3 Å². The molecule has 2 heterocycles. The van der Waals surface area contributed by atoms with Gasteiger partial charge in [0.2, 0.25) is 5.91 Å². The summed E-state index contributed by atoms with van der Waals surface area (Å²) in [5.41, 5.74) is 6.35. The van der Waals surface area contributed by atoms with Crippen LogP contribution in [0.4, 0.5) is 0 Å². The first kappa shape index (κ1) is 25.5. The van der Waals surface area contributed by atoms with E-state index in [9.17, 15) is 4.79 Å². The molecule has 3 atom stereocenters. The van der Waals surface area contributed by atoms with Gasteiger partial charge in [-0.2, -0.15) is 0 Å². The molecule has 0 aromatic heterocycles. The van der Waals surface area contributed by atoms with Gasteiger partial charge in [-0.05, 0) is 47.2 Å².